The Balaban J connectivity index is 2.02. The Kier molecular flexibility index (Phi) is 7.11. The number of carbonyl (C=O) groups excluding carboxylic acids is 1. The lowest BCUT2D eigenvalue weighted by molar-refractivity contribution is -0.117. The largest absolute Gasteiger partial charge is 0.383 e. The van der Waals surface area contributed by atoms with Gasteiger partial charge in [0, 0.05) is 24.8 Å². The Labute approximate surface area is 189 Å². The van der Waals surface area contributed by atoms with Crippen LogP contribution in [-0.2, 0) is 17.8 Å². The number of nitrogens with zero attached hydrogens (tertiary/aromatic N) is 3. The summed E-state index contributed by atoms with van der Waals surface area (Å²) in [5, 5.41) is 0. The van der Waals surface area contributed by atoms with Crippen LogP contribution in [0.4, 0.5) is 17.2 Å². The van der Waals surface area contributed by atoms with E-state index in [0.717, 1.165) is 18.5 Å². The van der Waals surface area contributed by atoms with Crippen LogP contribution in [0.3, 0.4) is 0 Å². The normalized spacial score (nSPS) is 15.8. The van der Waals surface area contributed by atoms with E-state index in [1.54, 1.807) is 0 Å². The molecule has 8 nitrogen and oxygen atoms in total. The Morgan fingerprint density at radius 2 is 1.88 bits per heavy atom. The highest BCUT2D eigenvalue weighted by atomic mass is 16.2. The van der Waals surface area contributed by atoms with Crippen molar-refractivity contribution in [2.75, 3.05) is 28.6 Å². The number of aromatic nitrogens is 2. The van der Waals surface area contributed by atoms with Crippen LogP contribution in [-0.4, -0.2) is 34.6 Å². The summed E-state index contributed by atoms with van der Waals surface area (Å²) in [6, 6.07) is 8.31. The van der Waals surface area contributed by atoms with Crippen molar-refractivity contribution in [3.05, 3.63) is 50.7 Å². The van der Waals surface area contributed by atoms with Gasteiger partial charge in [-0.25, -0.2) is 4.79 Å². The Hall–Kier alpha value is -3.03. The Bertz CT molecular complexity index is 1090. The number of amides is 1. The van der Waals surface area contributed by atoms with Crippen molar-refractivity contribution in [3.63, 3.8) is 0 Å². The van der Waals surface area contributed by atoms with Crippen molar-refractivity contribution in [1.29, 1.82) is 0 Å². The van der Waals surface area contributed by atoms with E-state index < -0.39 is 11.2 Å². The fourth-order valence-electron chi connectivity index (χ4n) is 4.30. The summed E-state index contributed by atoms with van der Waals surface area (Å²) < 4.78 is 1.35. The third-order valence-corrected chi connectivity index (χ3v) is 5.85. The predicted octanol–water partition coefficient (Wildman–Crippen LogP) is 2.61. The topological polar surface area (TPSA) is 104 Å². The van der Waals surface area contributed by atoms with Gasteiger partial charge in [-0.1, -0.05) is 45.9 Å². The van der Waals surface area contributed by atoms with Gasteiger partial charge in [0.05, 0.1) is 6.54 Å². The van der Waals surface area contributed by atoms with Gasteiger partial charge in [0.25, 0.3) is 5.56 Å². The molecule has 8 heteroatoms. The van der Waals surface area contributed by atoms with E-state index in [0.29, 0.717) is 13.1 Å². The number of carbonyl (C=O) groups is 1. The molecule has 1 atom stereocenters. The monoisotopic (exact) mass is 441 g/mol. The van der Waals surface area contributed by atoms with Crippen LogP contribution in [0.2, 0.25) is 0 Å². The first-order chi connectivity index (χ1) is 15.1. The summed E-state index contributed by atoms with van der Waals surface area (Å²) in [5.41, 5.74) is 7.46. The first-order valence-corrected chi connectivity index (χ1v) is 11.4. The van der Waals surface area contributed by atoms with Gasteiger partial charge in [-0.05, 0) is 43.2 Å². The number of benzene rings is 1. The summed E-state index contributed by atoms with van der Waals surface area (Å²) in [7, 11) is 0. The molecule has 2 aromatic rings. The molecule has 3 N–H and O–H groups in total. The zero-order valence-electron chi connectivity index (χ0n) is 19.7. The Morgan fingerprint density at radius 1 is 1.19 bits per heavy atom. The predicted molar refractivity (Wildman–Crippen MR) is 129 cm³/mol. The fourth-order valence-corrected chi connectivity index (χ4v) is 4.30. The zero-order valence-corrected chi connectivity index (χ0v) is 19.7. The number of nitrogens with one attached hydrogen (secondary N) is 1. The van der Waals surface area contributed by atoms with Gasteiger partial charge >= 0.3 is 5.69 Å². The van der Waals surface area contributed by atoms with Gasteiger partial charge in [-0.3, -0.25) is 19.1 Å². The maximum Gasteiger partial charge on any atom is 0.330 e. The second-order valence-electron chi connectivity index (χ2n) is 9.54. The summed E-state index contributed by atoms with van der Waals surface area (Å²) in [5.74, 6) is 0.0748. The van der Waals surface area contributed by atoms with Crippen molar-refractivity contribution < 1.29 is 4.79 Å². The first kappa shape index (κ1) is 23.6. The first-order valence-electron chi connectivity index (χ1n) is 11.4. The van der Waals surface area contributed by atoms with Crippen LogP contribution in [0, 0.1) is 11.8 Å². The molecular formula is C24H35N5O3. The number of fused-ring (bicyclic) bond motifs is 1. The van der Waals surface area contributed by atoms with Gasteiger partial charge in [0.2, 0.25) is 5.91 Å². The number of para-hydroxylation sites is 1. The number of hydrogen-bond donors (Lipinski definition) is 2. The number of H-pyrrole nitrogens is 1. The van der Waals surface area contributed by atoms with E-state index >= 15 is 0 Å². The van der Waals surface area contributed by atoms with Crippen molar-refractivity contribution in [2.24, 2.45) is 11.8 Å². The molecule has 0 radical (unpaired) electrons. The van der Waals surface area contributed by atoms with E-state index in [-0.39, 0.29) is 41.8 Å². The van der Waals surface area contributed by atoms with Crippen LogP contribution in [0.1, 0.15) is 46.6 Å². The summed E-state index contributed by atoms with van der Waals surface area (Å²) >= 11 is 0. The summed E-state index contributed by atoms with van der Waals surface area (Å²) in [4.78, 5) is 44.7. The molecule has 0 bridgehead atoms. The molecule has 32 heavy (non-hydrogen) atoms. The van der Waals surface area contributed by atoms with Crippen molar-refractivity contribution in [3.8, 4) is 0 Å². The lowest BCUT2D eigenvalue weighted by atomic mass is 9.96. The molecule has 3 rings (SSSR count). The third-order valence-electron chi connectivity index (χ3n) is 5.85. The van der Waals surface area contributed by atoms with Crippen molar-refractivity contribution >= 4 is 23.1 Å². The number of rotatable bonds is 7. The second-order valence-corrected chi connectivity index (χ2v) is 9.54. The van der Waals surface area contributed by atoms with Crippen LogP contribution in [0.5, 0.6) is 0 Å². The van der Waals surface area contributed by atoms with Gasteiger partial charge < -0.3 is 15.5 Å². The van der Waals surface area contributed by atoms with Crippen LogP contribution < -0.4 is 26.8 Å². The van der Waals surface area contributed by atoms with E-state index in [2.05, 4.69) is 22.9 Å². The number of aryl methyl sites for hydroxylation is 1. The van der Waals surface area contributed by atoms with Crippen LogP contribution in [0.25, 0.3) is 0 Å². The van der Waals surface area contributed by atoms with Crippen LogP contribution in [0.15, 0.2) is 33.9 Å². The third kappa shape index (κ3) is 4.89. The van der Waals surface area contributed by atoms with Gasteiger partial charge in [-0.15, -0.1) is 0 Å². The molecule has 1 aliphatic heterocycles. The average molecular weight is 442 g/mol. The highest BCUT2D eigenvalue weighted by Crippen LogP contribution is 2.30. The zero-order chi connectivity index (χ0) is 23.6. The second kappa shape index (κ2) is 9.63. The van der Waals surface area contributed by atoms with Crippen molar-refractivity contribution in [2.45, 2.75) is 60.0 Å². The minimum absolute atomic E-state index is 0.0357. The highest BCUT2D eigenvalue weighted by Gasteiger charge is 2.30. The van der Waals surface area contributed by atoms with E-state index in [9.17, 15) is 14.4 Å². The standard InChI is InChI=1S/C24H35N5O3/c1-15(2)12-28(21-22(25)29(13-16(3)4)24(32)26-23(21)31)20(30)14-27-17(5)10-11-18-8-6-7-9-19(18)27/h6-9,15-17H,10-14,25H2,1-5H3,(H,26,31,32)/t17-/m1/s1. The molecule has 1 amide bonds. The minimum atomic E-state index is -0.631. The number of hydrogen-bond acceptors (Lipinski definition) is 5. The molecule has 174 valence electrons. The minimum Gasteiger partial charge on any atom is -0.383 e. The molecular weight excluding hydrogens is 406 g/mol. The quantitative estimate of drug-likeness (QED) is 0.687. The van der Waals surface area contributed by atoms with Crippen molar-refractivity contribution in [1.82, 2.24) is 9.55 Å². The van der Waals surface area contributed by atoms with Crippen LogP contribution >= 0.6 is 0 Å². The SMILES string of the molecule is CC(C)CN(C(=O)CN1c2ccccc2CC[C@H]1C)c1c(N)n(CC(C)C)c(=O)[nH]c1=O. The van der Waals surface area contributed by atoms with E-state index in [1.165, 1.54) is 15.0 Å². The number of nitrogen functional groups attached to an aromatic ring is 1. The summed E-state index contributed by atoms with van der Waals surface area (Å²) in [6.07, 6.45) is 1.93. The number of aromatic amines is 1. The van der Waals surface area contributed by atoms with Gasteiger partial charge in [0.1, 0.15) is 5.82 Å². The molecule has 0 saturated heterocycles. The number of anilines is 3. The lowest BCUT2D eigenvalue weighted by Crippen LogP contribution is -2.49. The lowest BCUT2D eigenvalue weighted by Gasteiger charge is -2.38. The maximum atomic E-state index is 13.6. The maximum absolute atomic E-state index is 13.6. The Morgan fingerprint density at radius 3 is 2.53 bits per heavy atom. The molecule has 1 aromatic heterocycles. The molecule has 1 aromatic carbocycles. The van der Waals surface area contributed by atoms with E-state index in [1.807, 2.05) is 45.9 Å². The van der Waals surface area contributed by atoms with Gasteiger partial charge in [-0.2, -0.15) is 0 Å². The van der Waals surface area contributed by atoms with E-state index in [4.69, 9.17) is 5.73 Å². The molecule has 0 aliphatic carbocycles. The molecule has 0 saturated carbocycles. The molecule has 0 spiro atoms. The molecule has 0 fully saturated rings. The summed E-state index contributed by atoms with van der Waals surface area (Å²) in [6.45, 7) is 10.8. The fraction of sp³-hybridized carbons (Fsp3) is 0.542. The van der Waals surface area contributed by atoms with Gasteiger partial charge in [0.15, 0.2) is 5.69 Å². The average Bonchev–Trinajstić information content (AvgIpc) is 2.72. The molecule has 1 aliphatic rings. The number of nitrogens with two attached hydrogens (primary N) is 1. The highest BCUT2D eigenvalue weighted by molar-refractivity contribution is 5.98. The smallest absolute Gasteiger partial charge is 0.330 e. The molecule has 0 unspecified atom stereocenters. The molecule has 2 heterocycles.